The summed E-state index contributed by atoms with van der Waals surface area (Å²) in [6.45, 7) is 4.13. The largest absolute Gasteiger partial charge is 0.496 e. The third-order valence-electron chi connectivity index (χ3n) is 3.04. The minimum atomic E-state index is 0.191. The van der Waals surface area contributed by atoms with E-state index < -0.39 is 0 Å². The van der Waals surface area contributed by atoms with Crippen LogP contribution in [0.3, 0.4) is 0 Å². The van der Waals surface area contributed by atoms with E-state index >= 15 is 0 Å². The second-order valence-electron chi connectivity index (χ2n) is 4.13. The predicted molar refractivity (Wildman–Crippen MR) is 73.5 cm³/mol. The lowest BCUT2D eigenvalue weighted by molar-refractivity contribution is -0.122. The number of halogens is 1. The van der Waals surface area contributed by atoms with Crippen molar-refractivity contribution in [2.75, 3.05) is 7.11 Å². The van der Waals surface area contributed by atoms with Crippen LogP contribution in [0.5, 0.6) is 5.75 Å². The van der Waals surface area contributed by atoms with Crippen LogP contribution in [0, 0.1) is 5.92 Å². The quantitative estimate of drug-likeness (QED) is 0.793. The van der Waals surface area contributed by atoms with Gasteiger partial charge in [-0.3, -0.25) is 4.79 Å². The molecule has 0 amide bonds. The fourth-order valence-corrected chi connectivity index (χ4v) is 2.50. The van der Waals surface area contributed by atoms with E-state index in [9.17, 15) is 4.79 Å². The van der Waals surface area contributed by atoms with Crippen LogP contribution in [0.2, 0.25) is 0 Å². The normalized spacial score (nSPS) is 10.6. The molecule has 0 aliphatic heterocycles. The molecule has 1 aromatic carbocycles. The number of Topliss-reactive ketones (excluding diaryl/α,β-unsaturated/α-hetero) is 1. The van der Waals surface area contributed by atoms with Crippen molar-refractivity contribution in [1.82, 2.24) is 0 Å². The molecule has 0 atom stereocenters. The van der Waals surface area contributed by atoms with Crippen molar-refractivity contribution in [2.24, 2.45) is 5.92 Å². The third-order valence-corrected chi connectivity index (χ3v) is 3.66. The Balaban J connectivity index is 2.75. The number of ketones is 1. The fourth-order valence-electron chi connectivity index (χ4n) is 1.91. The number of carbonyl (C=O) groups excluding carboxylic acids is 1. The molecule has 0 unspecified atom stereocenters. The van der Waals surface area contributed by atoms with Gasteiger partial charge in [-0.25, -0.2) is 0 Å². The van der Waals surface area contributed by atoms with Crippen molar-refractivity contribution in [3.8, 4) is 5.75 Å². The van der Waals surface area contributed by atoms with Crippen LogP contribution in [0.15, 0.2) is 22.7 Å². The highest BCUT2D eigenvalue weighted by atomic mass is 79.9. The summed E-state index contributed by atoms with van der Waals surface area (Å²) in [5.74, 6) is 1.31. The van der Waals surface area contributed by atoms with Gasteiger partial charge in [0.25, 0.3) is 0 Å². The van der Waals surface area contributed by atoms with E-state index in [0.29, 0.717) is 12.2 Å². The summed E-state index contributed by atoms with van der Waals surface area (Å²) in [4.78, 5) is 12.0. The first-order valence-corrected chi connectivity index (χ1v) is 6.76. The van der Waals surface area contributed by atoms with Gasteiger partial charge in [-0.15, -0.1) is 0 Å². The molecule has 17 heavy (non-hydrogen) atoms. The maximum absolute atomic E-state index is 12.0. The summed E-state index contributed by atoms with van der Waals surface area (Å²) in [6.07, 6.45) is 2.36. The lowest BCUT2D eigenvalue weighted by atomic mass is 9.93. The Bertz CT molecular complexity index is 384. The third kappa shape index (κ3) is 3.84. The van der Waals surface area contributed by atoms with Gasteiger partial charge in [-0.2, -0.15) is 0 Å². The Morgan fingerprint density at radius 3 is 2.47 bits per heavy atom. The molecule has 94 valence electrons. The van der Waals surface area contributed by atoms with Crippen molar-refractivity contribution in [3.63, 3.8) is 0 Å². The van der Waals surface area contributed by atoms with E-state index in [1.165, 1.54) is 0 Å². The van der Waals surface area contributed by atoms with Gasteiger partial charge in [0.15, 0.2) is 0 Å². The number of ether oxygens (including phenoxy) is 1. The maximum atomic E-state index is 12.0. The van der Waals surface area contributed by atoms with Gasteiger partial charge < -0.3 is 4.74 Å². The van der Waals surface area contributed by atoms with E-state index in [0.717, 1.165) is 28.6 Å². The average molecular weight is 299 g/mol. The number of hydrogen-bond acceptors (Lipinski definition) is 2. The molecule has 0 N–H and O–H groups in total. The Morgan fingerprint density at radius 2 is 2.00 bits per heavy atom. The highest BCUT2D eigenvalue weighted by molar-refractivity contribution is 9.10. The first-order valence-electron chi connectivity index (χ1n) is 5.97. The van der Waals surface area contributed by atoms with Crippen LogP contribution in [-0.4, -0.2) is 12.9 Å². The molecule has 1 aromatic rings. The molecule has 0 heterocycles. The molecule has 0 fully saturated rings. The molecule has 2 nitrogen and oxygen atoms in total. The van der Waals surface area contributed by atoms with Gasteiger partial charge >= 0.3 is 0 Å². The van der Waals surface area contributed by atoms with Crippen LogP contribution in [0.1, 0.15) is 32.3 Å². The minimum Gasteiger partial charge on any atom is -0.496 e. The molecule has 0 bridgehead atoms. The van der Waals surface area contributed by atoms with Gasteiger partial charge in [-0.1, -0.05) is 19.9 Å². The SMILES string of the molecule is CCC(CC)C(=O)Cc1ccc(OC)c(Br)c1. The smallest absolute Gasteiger partial charge is 0.140 e. The topological polar surface area (TPSA) is 26.3 Å². The van der Waals surface area contributed by atoms with Gasteiger partial charge in [0, 0.05) is 12.3 Å². The predicted octanol–water partition coefficient (Wildman–Crippen LogP) is 4.01. The molecule has 0 aliphatic rings. The Kier molecular flexibility index (Phi) is 5.69. The Morgan fingerprint density at radius 1 is 1.35 bits per heavy atom. The van der Waals surface area contributed by atoms with Crippen LogP contribution < -0.4 is 4.74 Å². The van der Waals surface area contributed by atoms with Crippen molar-refractivity contribution in [1.29, 1.82) is 0 Å². The molecular formula is C14H19BrO2. The van der Waals surface area contributed by atoms with Gasteiger partial charge in [0.1, 0.15) is 11.5 Å². The van der Waals surface area contributed by atoms with E-state index in [4.69, 9.17) is 4.74 Å². The number of benzene rings is 1. The fraction of sp³-hybridized carbons (Fsp3) is 0.500. The first-order chi connectivity index (χ1) is 8.12. The molecule has 0 aliphatic carbocycles. The van der Waals surface area contributed by atoms with Crippen molar-refractivity contribution in [3.05, 3.63) is 28.2 Å². The minimum absolute atomic E-state index is 0.191. The van der Waals surface area contributed by atoms with Gasteiger partial charge in [0.2, 0.25) is 0 Å². The highest BCUT2D eigenvalue weighted by Crippen LogP contribution is 2.26. The van der Waals surface area contributed by atoms with E-state index in [1.54, 1.807) is 7.11 Å². The first kappa shape index (κ1) is 14.2. The summed E-state index contributed by atoms with van der Waals surface area (Å²) in [5.41, 5.74) is 1.04. The number of carbonyl (C=O) groups is 1. The van der Waals surface area contributed by atoms with Crippen molar-refractivity contribution in [2.45, 2.75) is 33.1 Å². The lowest BCUT2D eigenvalue weighted by Crippen LogP contribution is -2.15. The molecule has 0 aromatic heterocycles. The number of methoxy groups -OCH3 is 1. The second-order valence-corrected chi connectivity index (χ2v) is 4.98. The van der Waals surface area contributed by atoms with E-state index in [1.807, 2.05) is 18.2 Å². The molecular weight excluding hydrogens is 280 g/mol. The average Bonchev–Trinajstić information content (AvgIpc) is 2.31. The van der Waals surface area contributed by atoms with Crippen LogP contribution in [-0.2, 0) is 11.2 Å². The molecule has 0 radical (unpaired) electrons. The molecule has 1 rings (SSSR count). The molecule has 0 spiro atoms. The summed E-state index contributed by atoms with van der Waals surface area (Å²) in [6, 6.07) is 5.79. The summed E-state index contributed by atoms with van der Waals surface area (Å²) < 4.78 is 6.06. The van der Waals surface area contributed by atoms with Crippen LogP contribution in [0.25, 0.3) is 0 Å². The summed E-state index contributed by atoms with van der Waals surface area (Å²) in [5, 5.41) is 0. The number of rotatable bonds is 6. The highest BCUT2D eigenvalue weighted by Gasteiger charge is 2.15. The molecule has 0 saturated heterocycles. The van der Waals surface area contributed by atoms with Crippen molar-refractivity contribution < 1.29 is 9.53 Å². The van der Waals surface area contributed by atoms with Gasteiger partial charge in [0.05, 0.1) is 11.6 Å². The molecule has 3 heteroatoms. The Hall–Kier alpha value is -0.830. The summed E-state index contributed by atoms with van der Waals surface area (Å²) in [7, 11) is 1.63. The Labute approximate surface area is 111 Å². The lowest BCUT2D eigenvalue weighted by Gasteiger charge is -2.11. The molecule has 0 saturated carbocycles. The van der Waals surface area contributed by atoms with E-state index in [2.05, 4.69) is 29.8 Å². The number of hydrogen-bond donors (Lipinski definition) is 0. The van der Waals surface area contributed by atoms with Gasteiger partial charge in [-0.05, 0) is 46.5 Å². The monoisotopic (exact) mass is 298 g/mol. The van der Waals surface area contributed by atoms with Crippen LogP contribution in [0.4, 0.5) is 0 Å². The maximum Gasteiger partial charge on any atom is 0.140 e. The summed E-state index contributed by atoms with van der Waals surface area (Å²) >= 11 is 3.43. The van der Waals surface area contributed by atoms with E-state index in [-0.39, 0.29) is 5.92 Å². The standard InChI is InChI=1S/C14H19BrO2/c1-4-11(5-2)13(16)9-10-6-7-14(17-3)12(15)8-10/h6-8,11H,4-5,9H2,1-3H3. The van der Waals surface area contributed by atoms with Crippen LogP contribution >= 0.6 is 15.9 Å². The van der Waals surface area contributed by atoms with Crippen molar-refractivity contribution >= 4 is 21.7 Å². The zero-order chi connectivity index (χ0) is 12.8. The zero-order valence-electron chi connectivity index (χ0n) is 10.6. The zero-order valence-corrected chi connectivity index (χ0v) is 12.2. The second kappa shape index (κ2) is 6.80.